The number of carboxylic acid groups (broad SMARTS) is 1. The molecule has 0 atom stereocenters. The number of nitrogens with zero attached hydrogens (tertiary/aromatic N) is 2. The maximum atomic E-state index is 12.8. The molecule has 1 aromatic heterocycles. The summed E-state index contributed by atoms with van der Waals surface area (Å²) in [5.41, 5.74) is 4.91. The Morgan fingerprint density at radius 2 is 2.10 bits per heavy atom. The van der Waals surface area contributed by atoms with E-state index in [0.717, 1.165) is 6.20 Å². The number of hydrogen-bond acceptors (Lipinski definition) is 4. The van der Waals surface area contributed by atoms with Crippen LogP contribution in [0.2, 0.25) is 0 Å². The molecule has 8 heteroatoms. The molecule has 0 unspecified atom stereocenters. The number of rotatable bonds is 3. The zero-order chi connectivity index (χ0) is 15.5. The van der Waals surface area contributed by atoms with Crippen molar-refractivity contribution in [1.82, 2.24) is 9.88 Å². The van der Waals surface area contributed by atoms with Gasteiger partial charge in [0.15, 0.2) is 0 Å². The molecule has 7 nitrogen and oxygen atoms in total. The molecular formula is C13H17FN4O3. The summed E-state index contributed by atoms with van der Waals surface area (Å²) >= 11 is 0. The highest BCUT2D eigenvalue weighted by molar-refractivity contribution is 5.95. The Kier molecular flexibility index (Phi) is 4.37. The second-order valence-corrected chi connectivity index (χ2v) is 5.07. The van der Waals surface area contributed by atoms with E-state index in [2.05, 4.69) is 10.3 Å². The second kappa shape index (κ2) is 6.04. The van der Waals surface area contributed by atoms with Gasteiger partial charge in [-0.15, -0.1) is 0 Å². The number of piperidine rings is 1. The van der Waals surface area contributed by atoms with Gasteiger partial charge in [-0.3, -0.25) is 4.79 Å². The molecule has 4 N–H and O–H groups in total. The van der Waals surface area contributed by atoms with Crippen molar-refractivity contribution < 1.29 is 19.1 Å². The number of nitrogens with two attached hydrogens (primary N) is 1. The van der Waals surface area contributed by atoms with E-state index in [9.17, 15) is 14.0 Å². The van der Waals surface area contributed by atoms with E-state index in [1.54, 1.807) is 0 Å². The Labute approximate surface area is 120 Å². The van der Waals surface area contributed by atoms with Gasteiger partial charge in [-0.25, -0.2) is 14.2 Å². The molecule has 0 aliphatic carbocycles. The van der Waals surface area contributed by atoms with E-state index in [0.29, 0.717) is 12.8 Å². The largest absolute Gasteiger partial charge is 0.465 e. The molecule has 0 aromatic carbocycles. The molecule has 114 valence electrons. The van der Waals surface area contributed by atoms with Crippen molar-refractivity contribution in [2.75, 3.05) is 25.0 Å². The summed E-state index contributed by atoms with van der Waals surface area (Å²) in [5, 5.41) is 11.5. The fraction of sp³-hybridized carbons (Fsp3) is 0.462. The number of hydrogen-bond donors (Lipinski definition) is 3. The van der Waals surface area contributed by atoms with Crippen molar-refractivity contribution in [3.63, 3.8) is 0 Å². The number of pyridine rings is 1. The van der Waals surface area contributed by atoms with Crippen LogP contribution >= 0.6 is 0 Å². The fourth-order valence-corrected chi connectivity index (χ4v) is 2.35. The van der Waals surface area contributed by atoms with Crippen LogP contribution in [0.4, 0.5) is 15.0 Å². The minimum atomic E-state index is -0.999. The zero-order valence-electron chi connectivity index (χ0n) is 11.4. The SMILES string of the molecule is NCC1(C(=O)Nc2ccc(F)cn2)CCN(C(=O)O)CC1. The van der Waals surface area contributed by atoms with Crippen LogP contribution in [0.15, 0.2) is 18.3 Å². The van der Waals surface area contributed by atoms with E-state index in [-0.39, 0.29) is 31.4 Å². The molecule has 21 heavy (non-hydrogen) atoms. The van der Waals surface area contributed by atoms with Crippen molar-refractivity contribution in [2.24, 2.45) is 11.1 Å². The van der Waals surface area contributed by atoms with Gasteiger partial charge in [0.1, 0.15) is 11.6 Å². The molecule has 1 aromatic rings. The highest BCUT2D eigenvalue weighted by Crippen LogP contribution is 2.31. The van der Waals surface area contributed by atoms with Crippen LogP contribution in [0.3, 0.4) is 0 Å². The van der Waals surface area contributed by atoms with Crippen LogP contribution < -0.4 is 11.1 Å². The molecule has 0 radical (unpaired) electrons. The minimum Gasteiger partial charge on any atom is -0.465 e. The molecule has 1 saturated heterocycles. The standard InChI is InChI=1S/C13H17FN4O3/c14-9-1-2-10(16-7-9)17-11(19)13(8-15)3-5-18(6-4-13)12(20)21/h1-2,7H,3-6,8,15H2,(H,20,21)(H,16,17,19). The average molecular weight is 296 g/mol. The van der Waals surface area contributed by atoms with Gasteiger partial charge in [-0.05, 0) is 25.0 Å². The number of anilines is 1. The molecule has 0 bridgehead atoms. The Bertz CT molecular complexity index is 527. The van der Waals surface area contributed by atoms with Crippen molar-refractivity contribution >= 4 is 17.8 Å². The van der Waals surface area contributed by atoms with Crippen LogP contribution in [0, 0.1) is 11.2 Å². The van der Waals surface area contributed by atoms with Crippen molar-refractivity contribution in [2.45, 2.75) is 12.8 Å². The number of nitrogens with one attached hydrogen (secondary N) is 1. The lowest BCUT2D eigenvalue weighted by atomic mass is 9.77. The number of halogens is 1. The van der Waals surface area contributed by atoms with Crippen LogP contribution in [0.1, 0.15) is 12.8 Å². The Balaban J connectivity index is 2.05. The third kappa shape index (κ3) is 3.27. The first-order valence-electron chi connectivity index (χ1n) is 6.58. The van der Waals surface area contributed by atoms with E-state index in [1.807, 2.05) is 0 Å². The second-order valence-electron chi connectivity index (χ2n) is 5.07. The summed E-state index contributed by atoms with van der Waals surface area (Å²) in [6.45, 7) is 0.640. The highest BCUT2D eigenvalue weighted by Gasteiger charge is 2.41. The number of carbonyl (C=O) groups is 2. The van der Waals surface area contributed by atoms with Gasteiger partial charge in [0.25, 0.3) is 0 Å². The van der Waals surface area contributed by atoms with E-state index >= 15 is 0 Å². The predicted octanol–water partition coefficient (Wildman–Crippen LogP) is 0.878. The predicted molar refractivity (Wildman–Crippen MR) is 73.1 cm³/mol. The van der Waals surface area contributed by atoms with Gasteiger partial charge in [0.2, 0.25) is 5.91 Å². The molecular weight excluding hydrogens is 279 g/mol. The van der Waals surface area contributed by atoms with Gasteiger partial charge >= 0.3 is 6.09 Å². The topological polar surface area (TPSA) is 109 Å². The maximum Gasteiger partial charge on any atom is 0.407 e. The van der Waals surface area contributed by atoms with Gasteiger partial charge in [-0.2, -0.15) is 0 Å². The smallest absolute Gasteiger partial charge is 0.407 e. The van der Waals surface area contributed by atoms with Gasteiger partial charge in [0, 0.05) is 19.6 Å². The highest BCUT2D eigenvalue weighted by atomic mass is 19.1. The molecule has 0 spiro atoms. The lowest BCUT2D eigenvalue weighted by Crippen LogP contribution is -2.51. The number of likely N-dealkylation sites (tertiary alicyclic amines) is 1. The third-order valence-corrected chi connectivity index (χ3v) is 3.83. The summed E-state index contributed by atoms with van der Waals surface area (Å²) in [6.07, 6.45) is 0.713. The number of amides is 2. The lowest BCUT2D eigenvalue weighted by molar-refractivity contribution is -0.127. The normalized spacial score (nSPS) is 17.3. The van der Waals surface area contributed by atoms with Gasteiger partial charge < -0.3 is 21.1 Å². The fourth-order valence-electron chi connectivity index (χ4n) is 2.35. The first kappa shape index (κ1) is 15.2. The van der Waals surface area contributed by atoms with Crippen LogP contribution in [-0.4, -0.2) is 46.6 Å². The van der Waals surface area contributed by atoms with E-state index in [1.165, 1.54) is 17.0 Å². The summed E-state index contributed by atoms with van der Waals surface area (Å²) in [7, 11) is 0. The van der Waals surface area contributed by atoms with Crippen molar-refractivity contribution in [3.05, 3.63) is 24.1 Å². The summed E-state index contributed by atoms with van der Waals surface area (Å²) < 4.78 is 12.8. The molecule has 2 heterocycles. The Morgan fingerprint density at radius 3 is 2.57 bits per heavy atom. The quantitative estimate of drug-likeness (QED) is 0.767. The van der Waals surface area contributed by atoms with E-state index < -0.39 is 17.3 Å². The molecule has 1 aliphatic rings. The maximum absolute atomic E-state index is 12.8. The lowest BCUT2D eigenvalue weighted by Gasteiger charge is -2.38. The zero-order valence-corrected chi connectivity index (χ0v) is 11.4. The van der Waals surface area contributed by atoms with Crippen molar-refractivity contribution in [3.8, 4) is 0 Å². The average Bonchev–Trinajstić information content (AvgIpc) is 2.49. The van der Waals surface area contributed by atoms with Gasteiger partial charge in [-0.1, -0.05) is 0 Å². The molecule has 1 aliphatic heterocycles. The van der Waals surface area contributed by atoms with Crippen LogP contribution in [-0.2, 0) is 4.79 Å². The van der Waals surface area contributed by atoms with Crippen LogP contribution in [0.25, 0.3) is 0 Å². The number of aromatic nitrogens is 1. The monoisotopic (exact) mass is 296 g/mol. The summed E-state index contributed by atoms with van der Waals surface area (Å²) in [6, 6.07) is 2.56. The van der Waals surface area contributed by atoms with Crippen LogP contribution in [0.5, 0.6) is 0 Å². The first-order valence-corrected chi connectivity index (χ1v) is 6.58. The molecule has 1 fully saturated rings. The Hall–Kier alpha value is -2.22. The first-order chi connectivity index (χ1) is 9.97. The summed E-state index contributed by atoms with van der Waals surface area (Å²) in [5.74, 6) is -0.555. The minimum absolute atomic E-state index is 0.119. The van der Waals surface area contributed by atoms with E-state index in [4.69, 9.17) is 10.8 Å². The number of carbonyl (C=O) groups excluding carboxylic acids is 1. The summed E-state index contributed by atoms with van der Waals surface area (Å²) in [4.78, 5) is 28.3. The Morgan fingerprint density at radius 1 is 1.43 bits per heavy atom. The third-order valence-electron chi connectivity index (χ3n) is 3.83. The molecule has 2 rings (SSSR count). The molecule has 2 amide bonds. The molecule has 0 saturated carbocycles. The van der Waals surface area contributed by atoms with Gasteiger partial charge in [0.05, 0.1) is 11.6 Å². The van der Waals surface area contributed by atoms with Crippen molar-refractivity contribution in [1.29, 1.82) is 0 Å².